The first-order valence-electron chi connectivity index (χ1n) is 11.3. The highest BCUT2D eigenvalue weighted by Gasteiger charge is 2.49. The second kappa shape index (κ2) is 10.3. The number of benzene rings is 3. The molecule has 36 heavy (non-hydrogen) atoms. The first-order valence-corrected chi connectivity index (χ1v) is 12.7. The van der Waals surface area contributed by atoms with Gasteiger partial charge < -0.3 is 15.1 Å². The first-order chi connectivity index (χ1) is 17.4. The van der Waals surface area contributed by atoms with Crippen molar-refractivity contribution >= 4 is 35.0 Å². The zero-order chi connectivity index (χ0) is 25.2. The molecule has 1 aromatic heterocycles. The van der Waals surface area contributed by atoms with Crippen LogP contribution in [-0.4, -0.2) is 32.1 Å². The fourth-order valence-corrected chi connectivity index (χ4v) is 5.81. The number of hydrogen-bond acceptors (Lipinski definition) is 5. The molecule has 1 aliphatic heterocycles. The number of halogens is 2. The van der Waals surface area contributed by atoms with Crippen LogP contribution in [0.25, 0.3) is 11.1 Å². The summed E-state index contributed by atoms with van der Waals surface area (Å²) >= 11 is 7.60. The topological polar surface area (TPSA) is 73.7 Å². The van der Waals surface area contributed by atoms with E-state index in [1.807, 2.05) is 36.4 Å². The smallest absolute Gasteiger partial charge is 0.243 e. The van der Waals surface area contributed by atoms with E-state index in [2.05, 4.69) is 4.98 Å². The van der Waals surface area contributed by atoms with Crippen molar-refractivity contribution in [3.05, 3.63) is 113 Å². The molecule has 5 rings (SSSR count). The van der Waals surface area contributed by atoms with Gasteiger partial charge in [0.2, 0.25) is 5.91 Å². The summed E-state index contributed by atoms with van der Waals surface area (Å²) in [5, 5.41) is 20.3. The van der Waals surface area contributed by atoms with Gasteiger partial charge in [-0.2, -0.15) is 0 Å². The second-order valence-corrected chi connectivity index (χ2v) is 9.99. The van der Waals surface area contributed by atoms with E-state index in [-0.39, 0.29) is 29.3 Å². The Kier molecular flexibility index (Phi) is 6.96. The third-order valence-electron chi connectivity index (χ3n) is 6.18. The number of anilines is 1. The minimum absolute atomic E-state index is 0.0726. The molecule has 0 saturated carbocycles. The summed E-state index contributed by atoms with van der Waals surface area (Å²) in [6.45, 7) is 0. The maximum atomic E-state index is 13.3. The minimum atomic E-state index is -0.832. The van der Waals surface area contributed by atoms with E-state index in [0.29, 0.717) is 10.7 Å². The fourth-order valence-electron chi connectivity index (χ4n) is 4.29. The van der Waals surface area contributed by atoms with E-state index in [9.17, 15) is 19.4 Å². The maximum absolute atomic E-state index is 13.3. The van der Waals surface area contributed by atoms with E-state index >= 15 is 0 Å². The molecule has 2 N–H and O–H groups in total. The number of aromatic hydroxyl groups is 1. The summed E-state index contributed by atoms with van der Waals surface area (Å²) in [7, 11) is 0. The highest BCUT2D eigenvalue weighted by molar-refractivity contribution is 8.00. The molecule has 182 valence electrons. The number of carbonyl (C=O) groups excluding carboxylic acids is 1. The van der Waals surface area contributed by atoms with Gasteiger partial charge in [0, 0.05) is 23.2 Å². The molecule has 8 heteroatoms. The molecule has 3 aromatic carbocycles. The van der Waals surface area contributed by atoms with Gasteiger partial charge in [0.15, 0.2) is 0 Å². The molecule has 0 spiro atoms. The summed E-state index contributed by atoms with van der Waals surface area (Å²) in [6.07, 6.45) is 0.799. The van der Waals surface area contributed by atoms with Crippen LogP contribution in [0.15, 0.2) is 91.1 Å². The van der Waals surface area contributed by atoms with Crippen molar-refractivity contribution in [1.82, 2.24) is 4.98 Å². The van der Waals surface area contributed by atoms with Gasteiger partial charge in [0.05, 0.1) is 12.1 Å². The number of pyridine rings is 1. The molecule has 0 unspecified atom stereocenters. The van der Waals surface area contributed by atoms with Gasteiger partial charge in [-0.1, -0.05) is 48.0 Å². The average molecular weight is 521 g/mol. The van der Waals surface area contributed by atoms with E-state index in [4.69, 9.17) is 11.6 Å². The van der Waals surface area contributed by atoms with Gasteiger partial charge in [0.25, 0.3) is 0 Å². The van der Waals surface area contributed by atoms with Crippen LogP contribution in [0.3, 0.4) is 0 Å². The standard InChI is InChI=1S/C28H22ClFN2O3S/c29-27-23(2-1-15-31-27)17-5-11-21(12-6-17)32-25(19-7-13-22(33)14-8-19)26(28(32)35)36-16-24(34)18-3-9-20(30)10-4-18/h1-15,24-26,33-34H,16H2/t24-,25-,26-/m1/s1. The molecule has 1 amide bonds. The fraction of sp³-hybridized carbons (Fsp3) is 0.143. The summed E-state index contributed by atoms with van der Waals surface area (Å²) in [6, 6.07) is 23.5. The Morgan fingerprint density at radius 1 is 1.00 bits per heavy atom. The van der Waals surface area contributed by atoms with Crippen LogP contribution in [0.2, 0.25) is 5.15 Å². The predicted molar refractivity (Wildman–Crippen MR) is 141 cm³/mol. The number of rotatable bonds is 7. The van der Waals surface area contributed by atoms with Crippen LogP contribution < -0.4 is 4.90 Å². The molecule has 0 aliphatic carbocycles. The molecular weight excluding hydrogens is 499 g/mol. The third-order valence-corrected chi connectivity index (χ3v) is 7.81. The summed E-state index contributed by atoms with van der Waals surface area (Å²) in [5.41, 5.74) is 3.90. The van der Waals surface area contributed by atoms with Crippen LogP contribution in [0.5, 0.6) is 5.75 Å². The number of phenols is 1. The number of phenolic OH excluding ortho intramolecular Hbond substituents is 1. The van der Waals surface area contributed by atoms with Gasteiger partial charge in [-0.15, -0.1) is 11.8 Å². The van der Waals surface area contributed by atoms with Crippen molar-refractivity contribution in [3.8, 4) is 16.9 Å². The Morgan fingerprint density at radius 3 is 2.36 bits per heavy atom. The van der Waals surface area contributed by atoms with Gasteiger partial charge in [-0.3, -0.25) is 4.79 Å². The van der Waals surface area contributed by atoms with E-state index in [1.54, 1.807) is 47.5 Å². The summed E-state index contributed by atoms with van der Waals surface area (Å²) < 4.78 is 13.2. The first kappa shape index (κ1) is 24.3. The van der Waals surface area contributed by atoms with Crippen molar-refractivity contribution < 1.29 is 19.4 Å². The van der Waals surface area contributed by atoms with Crippen molar-refractivity contribution in [2.24, 2.45) is 0 Å². The third kappa shape index (κ3) is 4.82. The molecule has 3 atom stereocenters. The Hall–Kier alpha value is -3.39. The average Bonchev–Trinajstić information content (AvgIpc) is 2.89. The molecule has 4 aromatic rings. The van der Waals surface area contributed by atoms with E-state index in [0.717, 1.165) is 22.4 Å². The van der Waals surface area contributed by atoms with Crippen LogP contribution in [-0.2, 0) is 4.79 Å². The Labute approximate surface area is 217 Å². The van der Waals surface area contributed by atoms with Crippen molar-refractivity contribution in [1.29, 1.82) is 0 Å². The van der Waals surface area contributed by atoms with Gasteiger partial charge >= 0.3 is 0 Å². The highest BCUT2D eigenvalue weighted by Crippen LogP contribution is 2.46. The predicted octanol–water partition coefficient (Wildman–Crippen LogP) is 6.17. The molecule has 1 fully saturated rings. The van der Waals surface area contributed by atoms with Crippen LogP contribution in [0.1, 0.15) is 23.3 Å². The van der Waals surface area contributed by atoms with Crippen molar-refractivity contribution in [2.45, 2.75) is 17.4 Å². The van der Waals surface area contributed by atoms with E-state index in [1.165, 1.54) is 23.9 Å². The van der Waals surface area contributed by atoms with Gasteiger partial charge in [-0.05, 0) is 65.2 Å². The van der Waals surface area contributed by atoms with Gasteiger partial charge in [0.1, 0.15) is 22.0 Å². The Morgan fingerprint density at radius 2 is 1.69 bits per heavy atom. The van der Waals surface area contributed by atoms with Crippen LogP contribution >= 0.6 is 23.4 Å². The number of hydrogen-bond donors (Lipinski definition) is 2. The number of carbonyl (C=O) groups is 1. The Balaban J connectivity index is 1.38. The minimum Gasteiger partial charge on any atom is -0.508 e. The lowest BCUT2D eigenvalue weighted by molar-refractivity contribution is -0.123. The van der Waals surface area contributed by atoms with Crippen molar-refractivity contribution in [3.63, 3.8) is 0 Å². The zero-order valence-corrected chi connectivity index (χ0v) is 20.5. The van der Waals surface area contributed by atoms with E-state index < -0.39 is 11.4 Å². The molecule has 2 heterocycles. The number of nitrogens with zero attached hydrogens (tertiary/aromatic N) is 2. The molecule has 0 bridgehead atoms. The van der Waals surface area contributed by atoms with Crippen LogP contribution in [0, 0.1) is 5.82 Å². The Bertz CT molecular complexity index is 1370. The lowest BCUT2D eigenvalue weighted by Gasteiger charge is -2.47. The largest absolute Gasteiger partial charge is 0.508 e. The summed E-state index contributed by atoms with van der Waals surface area (Å²) in [5.74, 6) is -0.0168. The molecule has 5 nitrogen and oxygen atoms in total. The number of β-lactam (4-membered cyclic amide) rings is 1. The van der Waals surface area contributed by atoms with Gasteiger partial charge in [-0.25, -0.2) is 9.37 Å². The quantitative estimate of drug-likeness (QED) is 0.225. The number of amides is 1. The molecule has 1 saturated heterocycles. The molecule has 0 radical (unpaired) electrons. The van der Waals surface area contributed by atoms with Crippen LogP contribution in [0.4, 0.5) is 10.1 Å². The second-order valence-electron chi connectivity index (χ2n) is 8.45. The molecule has 1 aliphatic rings. The maximum Gasteiger partial charge on any atom is 0.243 e. The summed E-state index contributed by atoms with van der Waals surface area (Å²) in [4.78, 5) is 19.2. The number of thioether (sulfide) groups is 1. The normalized spacial score (nSPS) is 18.1. The van der Waals surface area contributed by atoms with Crippen molar-refractivity contribution in [2.75, 3.05) is 10.7 Å². The molecular formula is C28H22ClFN2O3S. The number of aromatic nitrogens is 1. The number of aliphatic hydroxyl groups is 1. The zero-order valence-electron chi connectivity index (χ0n) is 19.0. The monoisotopic (exact) mass is 520 g/mol. The number of aliphatic hydroxyl groups excluding tert-OH is 1. The SMILES string of the molecule is O=C1[C@H](SC[C@@H](O)c2ccc(F)cc2)[C@@H](c2ccc(O)cc2)N1c1ccc(-c2cccnc2Cl)cc1. The lowest BCUT2D eigenvalue weighted by Crippen LogP contribution is -2.57. The lowest BCUT2D eigenvalue weighted by atomic mass is 9.92. The highest BCUT2D eigenvalue weighted by atomic mass is 35.5.